The van der Waals surface area contributed by atoms with E-state index in [-0.39, 0.29) is 23.9 Å². The lowest BCUT2D eigenvalue weighted by atomic mass is 9.99. The second-order valence-corrected chi connectivity index (χ2v) is 11.7. The molecule has 0 radical (unpaired) electrons. The monoisotopic (exact) mass is 526 g/mol. The topological polar surface area (TPSA) is 66.5 Å². The molecular formula is C32H34N2O3S. The molecule has 0 aromatic heterocycles. The van der Waals surface area contributed by atoms with Gasteiger partial charge < -0.3 is 5.32 Å². The van der Waals surface area contributed by atoms with E-state index in [2.05, 4.69) is 5.32 Å². The summed E-state index contributed by atoms with van der Waals surface area (Å²) in [5, 5.41) is 3.09. The fourth-order valence-corrected chi connectivity index (χ4v) is 6.64. The molecule has 0 saturated carbocycles. The molecule has 1 amide bonds. The van der Waals surface area contributed by atoms with Crippen LogP contribution in [0.25, 0.3) is 0 Å². The summed E-state index contributed by atoms with van der Waals surface area (Å²) in [6.07, 6.45) is 0. The number of nitrogens with zero attached hydrogens (tertiary/aromatic N) is 1. The number of nitrogens with one attached hydrogen (secondary N) is 1. The second kappa shape index (κ2) is 11.8. The number of benzene rings is 4. The first kappa shape index (κ1) is 27.3. The Labute approximate surface area is 226 Å². The van der Waals surface area contributed by atoms with Gasteiger partial charge in [-0.3, -0.25) is 4.79 Å². The van der Waals surface area contributed by atoms with Gasteiger partial charge in [0.05, 0.1) is 17.5 Å². The highest BCUT2D eigenvalue weighted by Gasteiger charge is 2.31. The van der Waals surface area contributed by atoms with Crippen LogP contribution in [0.4, 0.5) is 0 Å². The molecule has 0 aliphatic heterocycles. The molecular weight excluding hydrogens is 492 g/mol. The van der Waals surface area contributed by atoms with Crippen LogP contribution in [0.3, 0.4) is 0 Å². The molecule has 5 nitrogen and oxygen atoms in total. The standard InChI is InChI=1S/C32H34N2O3S/c1-23-15-17-27(18-16-23)21-34(38(36,37)32-25(3)19-24(2)20-26(32)4)22-30(35)33-31(28-11-7-5-8-12-28)29-13-9-6-10-14-29/h5-20,31H,21-22H2,1-4H3,(H,33,35). The summed E-state index contributed by atoms with van der Waals surface area (Å²) < 4.78 is 29.4. The molecule has 0 aliphatic carbocycles. The number of rotatable bonds is 9. The maximum Gasteiger partial charge on any atom is 0.244 e. The molecule has 0 atom stereocenters. The van der Waals surface area contributed by atoms with Crippen LogP contribution < -0.4 is 5.32 Å². The molecule has 0 saturated heterocycles. The average Bonchev–Trinajstić information content (AvgIpc) is 2.88. The lowest BCUT2D eigenvalue weighted by Crippen LogP contribution is -2.42. The fourth-order valence-electron chi connectivity index (χ4n) is 4.84. The zero-order chi connectivity index (χ0) is 27.3. The molecule has 4 aromatic carbocycles. The van der Waals surface area contributed by atoms with Crippen molar-refractivity contribution in [2.45, 2.75) is 45.2 Å². The molecule has 196 valence electrons. The second-order valence-electron chi connectivity index (χ2n) is 9.81. The van der Waals surface area contributed by atoms with Crippen molar-refractivity contribution in [3.8, 4) is 0 Å². The number of hydrogen-bond donors (Lipinski definition) is 1. The number of sulfonamides is 1. The molecule has 0 bridgehead atoms. The molecule has 1 N–H and O–H groups in total. The van der Waals surface area contributed by atoms with Crippen molar-refractivity contribution >= 4 is 15.9 Å². The predicted octanol–water partition coefficient (Wildman–Crippen LogP) is 6.02. The number of amides is 1. The van der Waals surface area contributed by atoms with Gasteiger partial charge in [0, 0.05) is 6.54 Å². The zero-order valence-electron chi connectivity index (χ0n) is 22.3. The Morgan fingerprint density at radius 3 is 1.74 bits per heavy atom. The van der Waals surface area contributed by atoms with E-state index in [1.54, 1.807) is 13.8 Å². The SMILES string of the molecule is Cc1ccc(CN(CC(=O)NC(c2ccccc2)c2ccccc2)S(=O)(=O)c2c(C)cc(C)cc2C)cc1. The summed E-state index contributed by atoms with van der Waals surface area (Å²) in [7, 11) is -3.98. The van der Waals surface area contributed by atoms with Gasteiger partial charge in [0.15, 0.2) is 0 Å². The van der Waals surface area contributed by atoms with Crippen molar-refractivity contribution in [3.63, 3.8) is 0 Å². The molecule has 4 rings (SSSR count). The van der Waals surface area contributed by atoms with E-state index >= 15 is 0 Å². The molecule has 0 spiro atoms. The van der Waals surface area contributed by atoms with Gasteiger partial charge in [0.2, 0.25) is 15.9 Å². The molecule has 0 unspecified atom stereocenters. The largest absolute Gasteiger partial charge is 0.344 e. The zero-order valence-corrected chi connectivity index (χ0v) is 23.1. The number of carbonyl (C=O) groups is 1. The van der Waals surface area contributed by atoms with E-state index in [1.165, 1.54) is 4.31 Å². The third kappa shape index (κ3) is 6.39. The normalized spacial score (nSPS) is 11.6. The molecule has 38 heavy (non-hydrogen) atoms. The summed E-state index contributed by atoms with van der Waals surface area (Å²) in [5.41, 5.74) is 6.08. The van der Waals surface area contributed by atoms with Gasteiger partial charge in [-0.2, -0.15) is 4.31 Å². The summed E-state index contributed by atoms with van der Waals surface area (Å²) in [5.74, 6) is -0.374. The molecule has 0 fully saturated rings. The van der Waals surface area contributed by atoms with E-state index in [0.29, 0.717) is 11.1 Å². The van der Waals surface area contributed by atoms with Crippen LogP contribution in [0.1, 0.15) is 45.0 Å². The Morgan fingerprint density at radius 1 is 0.737 bits per heavy atom. The highest BCUT2D eigenvalue weighted by atomic mass is 32.2. The highest BCUT2D eigenvalue weighted by Crippen LogP contribution is 2.27. The Morgan fingerprint density at radius 2 is 1.24 bits per heavy atom. The number of carbonyl (C=O) groups excluding carboxylic acids is 1. The van der Waals surface area contributed by atoms with Gasteiger partial charge in [-0.05, 0) is 55.5 Å². The van der Waals surface area contributed by atoms with Gasteiger partial charge >= 0.3 is 0 Å². The first-order valence-corrected chi connectivity index (χ1v) is 14.1. The van der Waals surface area contributed by atoms with Crippen LogP contribution in [0.15, 0.2) is 102 Å². The van der Waals surface area contributed by atoms with E-state index in [9.17, 15) is 13.2 Å². The molecule has 6 heteroatoms. The van der Waals surface area contributed by atoms with Gasteiger partial charge in [-0.15, -0.1) is 0 Å². The van der Waals surface area contributed by atoms with Crippen molar-refractivity contribution in [3.05, 3.63) is 136 Å². The van der Waals surface area contributed by atoms with E-state index < -0.39 is 16.1 Å². The van der Waals surface area contributed by atoms with Crippen molar-refractivity contribution in [1.29, 1.82) is 0 Å². The summed E-state index contributed by atoms with van der Waals surface area (Å²) in [6, 6.07) is 30.4. The van der Waals surface area contributed by atoms with E-state index in [4.69, 9.17) is 0 Å². The van der Waals surface area contributed by atoms with Crippen LogP contribution in [0.5, 0.6) is 0 Å². The van der Waals surface area contributed by atoms with Crippen molar-refractivity contribution in [1.82, 2.24) is 9.62 Å². The fraction of sp³-hybridized carbons (Fsp3) is 0.219. The maximum atomic E-state index is 14.1. The van der Waals surface area contributed by atoms with Crippen LogP contribution in [-0.2, 0) is 21.4 Å². The lowest BCUT2D eigenvalue weighted by molar-refractivity contribution is -0.121. The van der Waals surface area contributed by atoms with Gasteiger partial charge in [-0.25, -0.2) is 8.42 Å². The van der Waals surface area contributed by atoms with Gasteiger partial charge in [-0.1, -0.05) is 108 Å². The van der Waals surface area contributed by atoms with Gasteiger partial charge in [0.25, 0.3) is 0 Å². The first-order valence-electron chi connectivity index (χ1n) is 12.7. The maximum absolute atomic E-state index is 14.1. The summed E-state index contributed by atoms with van der Waals surface area (Å²) in [6.45, 7) is 7.32. The Kier molecular flexibility index (Phi) is 8.45. The van der Waals surface area contributed by atoms with Gasteiger partial charge in [0.1, 0.15) is 0 Å². The van der Waals surface area contributed by atoms with Crippen molar-refractivity contribution in [2.75, 3.05) is 6.54 Å². The molecule has 0 heterocycles. The smallest absolute Gasteiger partial charge is 0.244 e. The summed E-state index contributed by atoms with van der Waals surface area (Å²) in [4.78, 5) is 13.8. The van der Waals surface area contributed by atoms with E-state index in [0.717, 1.165) is 27.8 Å². The Balaban J connectivity index is 1.69. The summed E-state index contributed by atoms with van der Waals surface area (Å²) >= 11 is 0. The quantitative estimate of drug-likeness (QED) is 0.290. The minimum atomic E-state index is -3.98. The predicted molar refractivity (Wildman–Crippen MR) is 152 cm³/mol. The highest BCUT2D eigenvalue weighted by molar-refractivity contribution is 7.89. The molecule has 0 aliphatic rings. The van der Waals surface area contributed by atoms with Crippen LogP contribution >= 0.6 is 0 Å². The minimum absolute atomic E-state index is 0.0874. The third-order valence-electron chi connectivity index (χ3n) is 6.57. The minimum Gasteiger partial charge on any atom is -0.344 e. The third-order valence-corrected chi connectivity index (χ3v) is 8.67. The number of aryl methyl sites for hydroxylation is 4. The van der Waals surface area contributed by atoms with Crippen molar-refractivity contribution < 1.29 is 13.2 Å². The van der Waals surface area contributed by atoms with Crippen LogP contribution in [0.2, 0.25) is 0 Å². The first-order chi connectivity index (χ1) is 18.1. The average molecular weight is 527 g/mol. The number of hydrogen-bond acceptors (Lipinski definition) is 3. The molecule has 4 aromatic rings. The lowest BCUT2D eigenvalue weighted by Gasteiger charge is -2.26. The van der Waals surface area contributed by atoms with Crippen molar-refractivity contribution in [2.24, 2.45) is 0 Å². The Bertz CT molecular complexity index is 1440. The van der Waals surface area contributed by atoms with Crippen LogP contribution in [0, 0.1) is 27.7 Å². The van der Waals surface area contributed by atoms with Crippen LogP contribution in [-0.4, -0.2) is 25.2 Å². The van der Waals surface area contributed by atoms with E-state index in [1.807, 2.05) is 111 Å². The Hall–Kier alpha value is -3.74.